The summed E-state index contributed by atoms with van der Waals surface area (Å²) in [5, 5.41) is 10.4. The fraction of sp³-hybridized carbons (Fsp3) is 0.400. The van der Waals surface area contributed by atoms with Crippen LogP contribution in [-0.2, 0) is 5.60 Å². The van der Waals surface area contributed by atoms with Crippen LogP contribution in [0.15, 0.2) is 47.1 Å². The number of anilines is 1. The minimum absolute atomic E-state index is 0.0566. The Morgan fingerprint density at radius 3 is 2.48 bits per heavy atom. The molecule has 2 saturated heterocycles. The van der Waals surface area contributed by atoms with E-state index in [0.717, 1.165) is 5.69 Å². The van der Waals surface area contributed by atoms with Crippen molar-refractivity contribution in [1.82, 2.24) is 14.9 Å². The van der Waals surface area contributed by atoms with E-state index >= 15 is 0 Å². The van der Waals surface area contributed by atoms with Crippen LogP contribution in [0.4, 0.5) is 10.3 Å². The molecular formula is C25H27FN4O3. The second-order valence-electron chi connectivity index (χ2n) is 9.53. The maximum absolute atomic E-state index is 14.8. The summed E-state index contributed by atoms with van der Waals surface area (Å²) < 4.78 is 20.2. The van der Waals surface area contributed by atoms with Gasteiger partial charge in [0.15, 0.2) is 0 Å². The van der Waals surface area contributed by atoms with E-state index in [1.165, 1.54) is 12.3 Å². The molecule has 2 aromatic heterocycles. The first kappa shape index (κ1) is 21.6. The third-order valence-corrected chi connectivity index (χ3v) is 6.54. The van der Waals surface area contributed by atoms with Gasteiger partial charge in [-0.3, -0.25) is 4.79 Å². The number of carbonyl (C=O) groups excluding carboxylic acids is 1. The van der Waals surface area contributed by atoms with E-state index in [-0.39, 0.29) is 23.3 Å². The Labute approximate surface area is 191 Å². The fourth-order valence-electron chi connectivity index (χ4n) is 4.87. The van der Waals surface area contributed by atoms with Crippen molar-refractivity contribution in [2.75, 3.05) is 31.1 Å². The van der Waals surface area contributed by atoms with E-state index in [9.17, 15) is 14.3 Å². The summed E-state index contributed by atoms with van der Waals surface area (Å²) in [6.07, 6.45) is 1.51. The normalized spacial score (nSPS) is 20.4. The molecule has 1 amide bonds. The lowest BCUT2D eigenvalue weighted by atomic mass is 10.0. The summed E-state index contributed by atoms with van der Waals surface area (Å²) in [6, 6.07) is 9.86. The van der Waals surface area contributed by atoms with Gasteiger partial charge in [-0.05, 0) is 45.0 Å². The van der Waals surface area contributed by atoms with Crippen LogP contribution in [0.1, 0.15) is 35.6 Å². The second kappa shape index (κ2) is 7.95. The Hall–Kier alpha value is -3.26. The van der Waals surface area contributed by atoms with Crippen molar-refractivity contribution in [2.45, 2.75) is 26.4 Å². The zero-order chi connectivity index (χ0) is 23.3. The number of fused-ring (bicyclic) bond motifs is 1. The zero-order valence-electron chi connectivity index (χ0n) is 19.0. The van der Waals surface area contributed by atoms with Crippen LogP contribution < -0.4 is 4.90 Å². The quantitative estimate of drug-likeness (QED) is 0.654. The van der Waals surface area contributed by atoms with E-state index in [4.69, 9.17) is 4.42 Å². The van der Waals surface area contributed by atoms with Crippen molar-refractivity contribution in [3.05, 3.63) is 65.4 Å². The molecule has 1 aromatic carbocycles. The van der Waals surface area contributed by atoms with Crippen LogP contribution in [-0.4, -0.2) is 52.1 Å². The van der Waals surface area contributed by atoms with E-state index in [1.807, 2.05) is 6.92 Å². The molecule has 0 spiro atoms. The maximum atomic E-state index is 14.8. The Balaban J connectivity index is 1.34. The molecule has 7 nitrogen and oxygen atoms in total. The smallest absolute Gasteiger partial charge is 0.257 e. The molecule has 2 fully saturated rings. The molecule has 0 saturated carbocycles. The molecule has 0 bridgehead atoms. The van der Waals surface area contributed by atoms with E-state index < -0.39 is 11.4 Å². The van der Waals surface area contributed by atoms with Crippen molar-refractivity contribution in [3.63, 3.8) is 0 Å². The van der Waals surface area contributed by atoms with Crippen molar-refractivity contribution < 1.29 is 18.7 Å². The first-order valence-electron chi connectivity index (χ1n) is 11.2. The van der Waals surface area contributed by atoms with Gasteiger partial charge in [0.2, 0.25) is 5.95 Å². The predicted molar refractivity (Wildman–Crippen MR) is 121 cm³/mol. The van der Waals surface area contributed by atoms with E-state index in [1.54, 1.807) is 49.1 Å². The van der Waals surface area contributed by atoms with Gasteiger partial charge in [-0.15, -0.1) is 0 Å². The number of hydrogen-bond donors (Lipinski definition) is 1. The van der Waals surface area contributed by atoms with Gasteiger partial charge >= 0.3 is 0 Å². The zero-order valence-corrected chi connectivity index (χ0v) is 19.0. The topological polar surface area (TPSA) is 82.7 Å². The lowest BCUT2D eigenvalue weighted by Gasteiger charge is -2.24. The highest BCUT2D eigenvalue weighted by atomic mass is 19.1. The van der Waals surface area contributed by atoms with Gasteiger partial charge in [0.25, 0.3) is 5.91 Å². The van der Waals surface area contributed by atoms with Crippen LogP contribution in [0, 0.1) is 24.6 Å². The van der Waals surface area contributed by atoms with Gasteiger partial charge in [0, 0.05) is 49.3 Å². The highest BCUT2D eigenvalue weighted by molar-refractivity contribution is 6.00. The number of aliphatic hydroxyl groups is 1. The predicted octanol–water partition coefficient (Wildman–Crippen LogP) is 3.62. The highest BCUT2D eigenvalue weighted by Crippen LogP contribution is 2.36. The summed E-state index contributed by atoms with van der Waals surface area (Å²) >= 11 is 0. The minimum atomic E-state index is -1.05. The van der Waals surface area contributed by atoms with E-state index in [2.05, 4.69) is 14.9 Å². The standard InChI is InChI=1S/C25H27FN4O3/c1-15-10-21(25(2,3)32)28-24(27-15)30-13-16-11-29(12-17(16)14-30)23(31)22-18(6-4-7-19(22)26)20-8-5-9-33-20/h4-10,16-17,32H,11-14H2,1-3H3/t16-,17+. The molecule has 2 aliphatic rings. The second-order valence-corrected chi connectivity index (χ2v) is 9.53. The monoisotopic (exact) mass is 450 g/mol. The van der Waals surface area contributed by atoms with Gasteiger partial charge in [-0.1, -0.05) is 12.1 Å². The Morgan fingerprint density at radius 2 is 1.85 bits per heavy atom. The number of likely N-dealkylation sites (tertiary alicyclic amines) is 1. The van der Waals surface area contributed by atoms with E-state index in [0.29, 0.717) is 49.1 Å². The molecule has 3 aromatic rings. The lowest BCUT2D eigenvalue weighted by Crippen LogP contribution is -2.34. The van der Waals surface area contributed by atoms with Gasteiger partial charge in [0.1, 0.15) is 17.2 Å². The number of aromatic nitrogens is 2. The molecule has 2 atom stereocenters. The molecule has 0 radical (unpaired) electrons. The van der Waals surface area contributed by atoms with Crippen molar-refractivity contribution in [2.24, 2.45) is 11.8 Å². The molecule has 172 valence electrons. The van der Waals surface area contributed by atoms with Gasteiger partial charge in [-0.25, -0.2) is 14.4 Å². The summed E-state index contributed by atoms with van der Waals surface area (Å²) in [6.45, 7) is 7.84. The largest absolute Gasteiger partial charge is 0.464 e. The van der Waals surface area contributed by atoms with Crippen molar-refractivity contribution >= 4 is 11.9 Å². The summed E-state index contributed by atoms with van der Waals surface area (Å²) in [4.78, 5) is 26.4. The lowest BCUT2D eigenvalue weighted by molar-refractivity contribution is 0.0735. The number of benzene rings is 1. The SMILES string of the molecule is Cc1cc(C(C)(C)O)nc(N2C[C@H]3CN(C(=O)c4c(F)cccc4-c4ccco4)C[C@H]3C2)n1. The number of carbonyl (C=O) groups is 1. The summed E-state index contributed by atoms with van der Waals surface area (Å²) in [5.41, 5.74) is 0.865. The first-order chi connectivity index (χ1) is 15.7. The van der Waals surface area contributed by atoms with Crippen molar-refractivity contribution in [1.29, 1.82) is 0 Å². The number of aryl methyl sites for hydroxylation is 1. The summed E-state index contributed by atoms with van der Waals surface area (Å²) in [5.74, 6) is 0.734. The Morgan fingerprint density at radius 1 is 1.12 bits per heavy atom. The molecule has 2 aliphatic heterocycles. The number of amides is 1. The van der Waals surface area contributed by atoms with Gasteiger partial charge in [-0.2, -0.15) is 0 Å². The van der Waals surface area contributed by atoms with Gasteiger partial charge < -0.3 is 19.3 Å². The van der Waals surface area contributed by atoms with Crippen LogP contribution in [0.2, 0.25) is 0 Å². The molecule has 1 N–H and O–H groups in total. The van der Waals surface area contributed by atoms with Crippen LogP contribution in [0.3, 0.4) is 0 Å². The Bertz CT molecular complexity index is 1170. The summed E-state index contributed by atoms with van der Waals surface area (Å²) in [7, 11) is 0. The third kappa shape index (κ3) is 3.99. The molecule has 8 heteroatoms. The fourth-order valence-corrected chi connectivity index (χ4v) is 4.87. The molecule has 4 heterocycles. The highest BCUT2D eigenvalue weighted by Gasteiger charge is 2.43. The van der Waals surface area contributed by atoms with Gasteiger partial charge in [0.05, 0.1) is 17.5 Å². The molecule has 0 unspecified atom stereocenters. The molecule has 33 heavy (non-hydrogen) atoms. The third-order valence-electron chi connectivity index (χ3n) is 6.54. The average molecular weight is 451 g/mol. The average Bonchev–Trinajstić information content (AvgIpc) is 3.48. The minimum Gasteiger partial charge on any atom is -0.464 e. The number of furan rings is 1. The van der Waals surface area contributed by atoms with Crippen molar-refractivity contribution in [3.8, 4) is 11.3 Å². The number of rotatable bonds is 4. The molecular weight excluding hydrogens is 423 g/mol. The van der Waals surface area contributed by atoms with Crippen LogP contribution in [0.25, 0.3) is 11.3 Å². The maximum Gasteiger partial charge on any atom is 0.257 e. The molecule has 5 rings (SSSR count). The Kier molecular flexibility index (Phi) is 5.20. The number of hydrogen-bond acceptors (Lipinski definition) is 6. The number of nitrogens with zero attached hydrogens (tertiary/aromatic N) is 4. The molecule has 0 aliphatic carbocycles. The first-order valence-corrected chi connectivity index (χ1v) is 11.2. The van der Waals surface area contributed by atoms with Crippen LogP contribution in [0.5, 0.6) is 0 Å². The number of halogens is 1. The van der Waals surface area contributed by atoms with Crippen LogP contribution >= 0.6 is 0 Å².